The van der Waals surface area contributed by atoms with Crippen LogP contribution in [0, 0.1) is 0 Å². The monoisotopic (exact) mass is 317 g/mol. The zero-order valence-corrected chi connectivity index (χ0v) is 11.8. The Labute approximate surface area is 124 Å². The van der Waals surface area contributed by atoms with Crippen molar-refractivity contribution in [3.8, 4) is 0 Å². The van der Waals surface area contributed by atoms with Gasteiger partial charge in [-0.15, -0.1) is 11.8 Å². The maximum absolute atomic E-state index is 11.6. The van der Waals surface area contributed by atoms with Crippen LogP contribution in [-0.4, -0.2) is 39.1 Å². The van der Waals surface area contributed by atoms with Gasteiger partial charge in [0.1, 0.15) is 5.25 Å². The fourth-order valence-corrected chi connectivity index (χ4v) is 2.24. The van der Waals surface area contributed by atoms with Crippen molar-refractivity contribution in [2.75, 3.05) is 11.1 Å². The van der Waals surface area contributed by atoms with E-state index in [1.54, 1.807) is 24.3 Å². The Bertz CT molecular complexity index is 505. The summed E-state index contributed by atoms with van der Waals surface area (Å²) >= 11 is 6.47. The maximum Gasteiger partial charge on any atom is 0.317 e. The zero-order chi connectivity index (χ0) is 15.1. The highest BCUT2D eigenvalue weighted by Crippen LogP contribution is 2.17. The number of carbonyl (C=O) groups excluding carboxylic acids is 1. The van der Waals surface area contributed by atoms with Crippen molar-refractivity contribution in [1.82, 2.24) is 0 Å². The van der Waals surface area contributed by atoms with E-state index in [0.717, 1.165) is 11.8 Å². The summed E-state index contributed by atoms with van der Waals surface area (Å²) in [5, 5.41) is 19.3. The predicted octanol–water partition coefficient (Wildman–Crippen LogP) is 1.94. The molecule has 0 aliphatic rings. The first-order valence-corrected chi connectivity index (χ1v) is 6.93. The number of amides is 1. The van der Waals surface area contributed by atoms with Crippen molar-refractivity contribution in [2.45, 2.75) is 11.7 Å². The van der Waals surface area contributed by atoms with Crippen LogP contribution in [0.5, 0.6) is 0 Å². The molecule has 0 radical (unpaired) electrons. The number of hydrogen-bond donors (Lipinski definition) is 3. The second kappa shape index (κ2) is 7.76. The standard InChI is InChI=1S/C12H12ClNO5S/c13-7-1-3-8(4-2-7)14-10(15)6-20-9(12(18)19)5-11(16)17/h1-4,9H,5-6H2,(H,14,15)(H,16,17)(H,18,19). The molecule has 0 fully saturated rings. The normalized spacial score (nSPS) is 11.7. The fraction of sp³-hybridized carbons (Fsp3) is 0.250. The highest BCUT2D eigenvalue weighted by Gasteiger charge is 2.22. The van der Waals surface area contributed by atoms with Gasteiger partial charge in [0, 0.05) is 10.7 Å². The second-order valence-electron chi connectivity index (χ2n) is 3.79. The molecule has 0 aliphatic heterocycles. The van der Waals surface area contributed by atoms with Crippen molar-refractivity contribution in [3.63, 3.8) is 0 Å². The molecule has 1 aromatic carbocycles. The summed E-state index contributed by atoms with van der Waals surface area (Å²) in [7, 11) is 0. The third-order valence-corrected chi connectivity index (χ3v) is 3.63. The first-order valence-electron chi connectivity index (χ1n) is 5.50. The predicted molar refractivity (Wildman–Crippen MR) is 76.2 cm³/mol. The topological polar surface area (TPSA) is 104 Å². The van der Waals surface area contributed by atoms with Crippen LogP contribution in [-0.2, 0) is 14.4 Å². The van der Waals surface area contributed by atoms with Crippen LogP contribution in [0.2, 0.25) is 5.02 Å². The second-order valence-corrected chi connectivity index (χ2v) is 5.42. The van der Waals surface area contributed by atoms with Gasteiger partial charge in [0.2, 0.25) is 5.91 Å². The van der Waals surface area contributed by atoms with Gasteiger partial charge in [-0.25, -0.2) is 0 Å². The fourth-order valence-electron chi connectivity index (χ4n) is 1.28. The van der Waals surface area contributed by atoms with Gasteiger partial charge in [-0.3, -0.25) is 14.4 Å². The Hall–Kier alpha value is -1.73. The molecule has 0 bridgehead atoms. The third kappa shape index (κ3) is 5.94. The van der Waals surface area contributed by atoms with Gasteiger partial charge in [-0.2, -0.15) is 0 Å². The van der Waals surface area contributed by atoms with E-state index >= 15 is 0 Å². The van der Waals surface area contributed by atoms with Crippen LogP contribution in [0.25, 0.3) is 0 Å². The Morgan fingerprint density at radius 2 is 1.80 bits per heavy atom. The van der Waals surface area contributed by atoms with Crippen molar-refractivity contribution in [1.29, 1.82) is 0 Å². The average Bonchev–Trinajstić information content (AvgIpc) is 2.36. The van der Waals surface area contributed by atoms with Gasteiger partial charge in [0.05, 0.1) is 12.2 Å². The quantitative estimate of drug-likeness (QED) is 0.710. The van der Waals surface area contributed by atoms with Crippen LogP contribution in [0.4, 0.5) is 5.69 Å². The Morgan fingerprint density at radius 3 is 2.30 bits per heavy atom. The highest BCUT2D eigenvalue weighted by atomic mass is 35.5. The summed E-state index contributed by atoms with van der Waals surface area (Å²) in [5.74, 6) is -3.03. The van der Waals surface area contributed by atoms with Gasteiger partial charge < -0.3 is 15.5 Å². The first-order chi connectivity index (χ1) is 9.38. The van der Waals surface area contributed by atoms with E-state index in [1.165, 1.54) is 0 Å². The molecule has 108 valence electrons. The van der Waals surface area contributed by atoms with E-state index < -0.39 is 29.5 Å². The summed E-state index contributed by atoms with van der Waals surface area (Å²) in [5.41, 5.74) is 0.533. The molecule has 20 heavy (non-hydrogen) atoms. The smallest absolute Gasteiger partial charge is 0.317 e. The summed E-state index contributed by atoms with van der Waals surface area (Å²) in [4.78, 5) is 32.9. The molecular weight excluding hydrogens is 306 g/mol. The molecule has 0 aliphatic carbocycles. The Kier molecular flexibility index (Phi) is 6.33. The lowest BCUT2D eigenvalue weighted by Gasteiger charge is -2.09. The summed E-state index contributed by atoms with van der Waals surface area (Å²) in [6, 6.07) is 6.43. The van der Waals surface area contributed by atoms with E-state index in [9.17, 15) is 14.4 Å². The van der Waals surface area contributed by atoms with Crippen LogP contribution in [0.1, 0.15) is 6.42 Å². The number of hydrogen-bond acceptors (Lipinski definition) is 4. The average molecular weight is 318 g/mol. The molecule has 0 spiro atoms. The summed E-state index contributed by atoms with van der Waals surface area (Å²) < 4.78 is 0. The molecule has 0 saturated heterocycles. The molecule has 1 amide bonds. The van der Waals surface area contributed by atoms with Crippen molar-refractivity contribution >= 4 is 46.9 Å². The minimum atomic E-state index is -1.25. The molecule has 1 aromatic rings. The maximum atomic E-state index is 11.6. The number of thioether (sulfide) groups is 1. The third-order valence-electron chi connectivity index (χ3n) is 2.18. The number of anilines is 1. The molecule has 0 saturated carbocycles. The highest BCUT2D eigenvalue weighted by molar-refractivity contribution is 8.01. The molecule has 1 atom stereocenters. The van der Waals surface area contributed by atoms with E-state index in [2.05, 4.69) is 5.32 Å². The lowest BCUT2D eigenvalue weighted by Crippen LogP contribution is -2.23. The van der Waals surface area contributed by atoms with Gasteiger partial charge in [0.25, 0.3) is 0 Å². The number of carboxylic acids is 2. The molecule has 0 aromatic heterocycles. The van der Waals surface area contributed by atoms with E-state index in [1.807, 2.05) is 0 Å². The number of carbonyl (C=O) groups is 3. The van der Waals surface area contributed by atoms with Crippen LogP contribution < -0.4 is 5.32 Å². The van der Waals surface area contributed by atoms with E-state index in [0.29, 0.717) is 10.7 Å². The van der Waals surface area contributed by atoms with E-state index in [4.69, 9.17) is 21.8 Å². The molecule has 6 nitrogen and oxygen atoms in total. The van der Waals surface area contributed by atoms with Crippen molar-refractivity contribution in [3.05, 3.63) is 29.3 Å². The number of halogens is 1. The van der Waals surface area contributed by atoms with Crippen molar-refractivity contribution in [2.24, 2.45) is 0 Å². The first kappa shape index (κ1) is 16.3. The Balaban J connectivity index is 2.47. The number of rotatable bonds is 7. The molecule has 3 N–H and O–H groups in total. The van der Waals surface area contributed by atoms with Crippen LogP contribution in [0.3, 0.4) is 0 Å². The van der Waals surface area contributed by atoms with Gasteiger partial charge in [-0.1, -0.05) is 11.6 Å². The molecule has 1 unspecified atom stereocenters. The minimum Gasteiger partial charge on any atom is -0.481 e. The molecule has 1 rings (SSSR count). The molecule has 0 heterocycles. The summed E-state index contributed by atoms with van der Waals surface area (Å²) in [6.07, 6.45) is -0.534. The number of benzene rings is 1. The minimum absolute atomic E-state index is 0.146. The zero-order valence-electron chi connectivity index (χ0n) is 10.2. The lowest BCUT2D eigenvalue weighted by atomic mass is 10.3. The molecule has 8 heteroatoms. The number of aliphatic carboxylic acids is 2. The number of carboxylic acid groups (broad SMARTS) is 2. The SMILES string of the molecule is O=C(O)CC(SCC(=O)Nc1ccc(Cl)cc1)C(=O)O. The van der Waals surface area contributed by atoms with Crippen LogP contribution in [0.15, 0.2) is 24.3 Å². The largest absolute Gasteiger partial charge is 0.481 e. The van der Waals surface area contributed by atoms with Crippen LogP contribution >= 0.6 is 23.4 Å². The van der Waals surface area contributed by atoms with Gasteiger partial charge >= 0.3 is 11.9 Å². The lowest BCUT2D eigenvalue weighted by molar-refractivity contribution is -0.142. The molecular formula is C12H12ClNO5S. The van der Waals surface area contributed by atoms with Gasteiger partial charge in [0.15, 0.2) is 0 Å². The van der Waals surface area contributed by atoms with Crippen molar-refractivity contribution < 1.29 is 24.6 Å². The number of nitrogens with one attached hydrogen (secondary N) is 1. The Morgan fingerprint density at radius 1 is 1.20 bits per heavy atom. The summed E-state index contributed by atoms with van der Waals surface area (Å²) in [6.45, 7) is 0. The van der Waals surface area contributed by atoms with Gasteiger partial charge in [-0.05, 0) is 24.3 Å². The van der Waals surface area contributed by atoms with E-state index in [-0.39, 0.29) is 5.75 Å².